The van der Waals surface area contributed by atoms with Gasteiger partial charge in [-0.3, -0.25) is 9.78 Å². The second-order valence-electron chi connectivity index (χ2n) is 4.47. The van der Waals surface area contributed by atoms with E-state index in [1.54, 1.807) is 12.3 Å². The number of nitrogens with zero attached hydrogens (tertiary/aromatic N) is 1. The van der Waals surface area contributed by atoms with Gasteiger partial charge in [0.05, 0.1) is 16.3 Å². The molecule has 0 atom stereocenters. The minimum Gasteiger partial charge on any atom is -0.384 e. The summed E-state index contributed by atoms with van der Waals surface area (Å²) in [6.45, 7) is 2.86. The first-order valence-corrected chi connectivity index (χ1v) is 6.93. The first-order valence-electron chi connectivity index (χ1n) is 6.55. The minimum absolute atomic E-state index is 0.0377. The molecule has 0 spiro atoms. The predicted octanol–water partition coefficient (Wildman–Crippen LogP) is 3.95. The molecule has 0 saturated carbocycles. The lowest BCUT2D eigenvalue weighted by Gasteiger charge is -2.08. The molecule has 0 bridgehead atoms. The van der Waals surface area contributed by atoms with Crippen molar-refractivity contribution in [3.8, 4) is 0 Å². The Labute approximate surface area is 127 Å². The normalized spacial score (nSPS) is 10.2. The Balaban J connectivity index is 2.10. The van der Waals surface area contributed by atoms with Crippen LogP contribution in [0.1, 0.15) is 23.7 Å². The highest BCUT2D eigenvalue weighted by Crippen LogP contribution is 2.20. The summed E-state index contributed by atoms with van der Waals surface area (Å²) in [7, 11) is 0. The summed E-state index contributed by atoms with van der Waals surface area (Å²) in [5.41, 5.74) is 1.62. The molecule has 0 saturated heterocycles. The highest BCUT2D eigenvalue weighted by Gasteiger charge is 2.09. The van der Waals surface area contributed by atoms with Crippen molar-refractivity contribution in [2.75, 3.05) is 17.2 Å². The first-order chi connectivity index (χ1) is 10.1. The number of benzene rings is 1. The SMILES string of the molecule is CCCNc1cncc(C(=O)Nc2ccc(F)c(Cl)c2)c1. The Morgan fingerprint density at radius 2 is 2.10 bits per heavy atom. The van der Waals surface area contributed by atoms with Crippen LogP contribution in [0.15, 0.2) is 36.7 Å². The van der Waals surface area contributed by atoms with Crippen LogP contribution in [0.3, 0.4) is 0 Å². The van der Waals surface area contributed by atoms with Crippen LogP contribution in [0.25, 0.3) is 0 Å². The minimum atomic E-state index is -0.526. The molecule has 1 aromatic heterocycles. The van der Waals surface area contributed by atoms with E-state index in [9.17, 15) is 9.18 Å². The number of carbonyl (C=O) groups excluding carboxylic acids is 1. The molecular weight excluding hydrogens is 293 g/mol. The summed E-state index contributed by atoms with van der Waals surface area (Å²) < 4.78 is 13.1. The van der Waals surface area contributed by atoms with Gasteiger partial charge in [0.1, 0.15) is 5.82 Å². The van der Waals surface area contributed by atoms with Gasteiger partial charge < -0.3 is 10.6 Å². The average Bonchev–Trinajstić information content (AvgIpc) is 2.49. The largest absolute Gasteiger partial charge is 0.384 e. The van der Waals surface area contributed by atoms with Crippen molar-refractivity contribution in [1.82, 2.24) is 4.98 Å². The molecule has 2 rings (SSSR count). The van der Waals surface area contributed by atoms with Crippen LogP contribution in [-0.4, -0.2) is 17.4 Å². The van der Waals surface area contributed by atoms with E-state index < -0.39 is 5.82 Å². The van der Waals surface area contributed by atoms with E-state index in [2.05, 4.69) is 22.5 Å². The fraction of sp³-hybridized carbons (Fsp3) is 0.200. The predicted molar refractivity (Wildman–Crippen MR) is 82.4 cm³/mol. The van der Waals surface area contributed by atoms with Crippen LogP contribution in [-0.2, 0) is 0 Å². The van der Waals surface area contributed by atoms with Crippen LogP contribution in [0, 0.1) is 5.82 Å². The number of hydrogen-bond donors (Lipinski definition) is 2. The highest BCUT2D eigenvalue weighted by molar-refractivity contribution is 6.31. The molecule has 110 valence electrons. The smallest absolute Gasteiger partial charge is 0.257 e. The second kappa shape index (κ2) is 7.04. The molecule has 4 nitrogen and oxygen atoms in total. The number of carbonyl (C=O) groups is 1. The number of anilines is 2. The summed E-state index contributed by atoms with van der Waals surface area (Å²) in [5.74, 6) is -0.854. The summed E-state index contributed by atoms with van der Waals surface area (Å²) in [5, 5.41) is 5.77. The maximum absolute atomic E-state index is 13.1. The van der Waals surface area contributed by atoms with Gasteiger partial charge in [-0.05, 0) is 30.7 Å². The molecule has 2 N–H and O–H groups in total. The van der Waals surface area contributed by atoms with E-state index >= 15 is 0 Å². The van der Waals surface area contributed by atoms with Crippen molar-refractivity contribution in [3.63, 3.8) is 0 Å². The summed E-state index contributed by atoms with van der Waals surface area (Å²) in [6.07, 6.45) is 4.10. The fourth-order valence-corrected chi connectivity index (χ4v) is 1.89. The zero-order valence-corrected chi connectivity index (χ0v) is 12.2. The molecule has 1 aromatic carbocycles. The Hall–Kier alpha value is -2.14. The topological polar surface area (TPSA) is 54.0 Å². The summed E-state index contributed by atoms with van der Waals surface area (Å²) in [6, 6.07) is 5.73. The van der Waals surface area contributed by atoms with Gasteiger partial charge in [0.2, 0.25) is 0 Å². The number of rotatable bonds is 5. The van der Waals surface area contributed by atoms with Crippen LogP contribution in [0.4, 0.5) is 15.8 Å². The number of hydrogen-bond acceptors (Lipinski definition) is 3. The van der Waals surface area contributed by atoms with E-state index in [4.69, 9.17) is 11.6 Å². The van der Waals surface area contributed by atoms with Crippen molar-refractivity contribution in [3.05, 3.63) is 53.1 Å². The van der Waals surface area contributed by atoms with E-state index in [0.29, 0.717) is 11.3 Å². The zero-order valence-electron chi connectivity index (χ0n) is 11.5. The highest BCUT2D eigenvalue weighted by atomic mass is 35.5. The van der Waals surface area contributed by atoms with E-state index in [1.165, 1.54) is 24.4 Å². The molecule has 0 aliphatic carbocycles. The number of nitrogens with one attached hydrogen (secondary N) is 2. The summed E-state index contributed by atoms with van der Waals surface area (Å²) in [4.78, 5) is 16.1. The third-order valence-electron chi connectivity index (χ3n) is 2.76. The van der Waals surface area contributed by atoms with Crippen LogP contribution in [0.2, 0.25) is 5.02 Å². The number of halogens is 2. The van der Waals surface area contributed by atoms with Gasteiger partial charge in [-0.2, -0.15) is 0 Å². The van der Waals surface area contributed by atoms with Crippen molar-refractivity contribution >= 4 is 28.9 Å². The molecule has 1 heterocycles. The monoisotopic (exact) mass is 307 g/mol. The maximum Gasteiger partial charge on any atom is 0.257 e. The van der Waals surface area contributed by atoms with Gasteiger partial charge in [-0.15, -0.1) is 0 Å². The van der Waals surface area contributed by atoms with Gasteiger partial charge in [-0.1, -0.05) is 18.5 Å². The Kier molecular flexibility index (Phi) is 5.11. The van der Waals surface area contributed by atoms with Crippen molar-refractivity contribution in [2.45, 2.75) is 13.3 Å². The quantitative estimate of drug-likeness (QED) is 0.879. The van der Waals surface area contributed by atoms with Crippen molar-refractivity contribution < 1.29 is 9.18 Å². The standard InChI is InChI=1S/C15H15ClFN3O/c1-2-5-19-12-6-10(8-18-9-12)15(21)20-11-3-4-14(17)13(16)7-11/h3-4,6-9,19H,2,5H2,1H3,(H,20,21). The Morgan fingerprint density at radius 3 is 2.81 bits per heavy atom. The molecule has 21 heavy (non-hydrogen) atoms. The lowest BCUT2D eigenvalue weighted by atomic mass is 10.2. The van der Waals surface area contributed by atoms with Gasteiger partial charge in [-0.25, -0.2) is 4.39 Å². The third kappa shape index (κ3) is 4.16. The zero-order chi connectivity index (χ0) is 15.2. The molecular formula is C15H15ClFN3O. The molecule has 0 fully saturated rings. The second-order valence-corrected chi connectivity index (χ2v) is 4.88. The average molecular weight is 308 g/mol. The van der Waals surface area contributed by atoms with Gasteiger partial charge in [0.25, 0.3) is 5.91 Å². The molecule has 1 amide bonds. The van der Waals surface area contributed by atoms with Crippen molar-refractivity contribution in [1.29, 1.82) is 0 Å². The maximum atomic E-state index is 13.1. The third-order valence-corrected chi connectivity index (χ3v) is 3.05. The lowest BCUT2D eigenvalue weighted by Crippen LogP contribution is -2.13. The molecule has 0 aliphatic rings. The molecule has 6 heteroatoms. The van der Waals surface area contributed by atoms with Gasteiger partial charge in [0, 0.05) is 24.6 Å². The number of pyridine rings is 1. The van der Waals surface area contributed by atoms with E-state index in [-0.39, 0.29) is 10.9 Å². The first kappa shape index (κ1) is 15.3. The van der Waals surface area contributed by atoms with Gasteiger partial charge in [0.15, 0.2) is 0 Å². The number of amides is 1. The van der Waals surface area contributed by atoms with E-state index in [0.717, 1.165) is 18.7 Å². The lowest BCUT2D eigenvalue weighted by molar-refractivity contribution is 0.102. The van der Waals surface area contributed by atoms with Crippen LogP contribution >= 0.6 is 11.6 Å². The molecule has 0 aliphatic heterocycles. The molecule has 0 unspecified atom stereocenters. The Morgan fingerprint density at radius 1 is 1.29 bits per heavy atom. The van der Waals surface area contributed by atoms with Crippen molar-refractivity contribution in [2.24, 2.45) is 0 Å². The summed E-state index contributed by atoms with van der Waals surface area (Å²) >= 11 is 5.68. The van der Waals surface area contributed by atoms with Crippen LogP contribution < -0.4 is 10.6 Å². The van der Waals surface area contributed by atoms with Gasteiger partial charge >= 0.3 is 0 Å². The van der Waals surface area contributed by atoms with Crippen LogP contribution in [0.5, 0.6) is 0 Å². The Bertz CT molecular complexity index is 649. The molecule has 2 aromatic rings. The van der Waals surface area contributed by atoms with E-state index in [1.807, 2.05) is 0 Å². The number of aromatic nitrogens is 1. The molecule has 0 radical (unpaired) electrons. The fourth-order valence-electron chi connectivity index (χ4n) is 1.71.